The Labute approximate surface area is 280 Å². The van der Waals surface area contributed by atoms with E-state index in [-0.39, 0.29) is 0 Å². The molecule has 2 aliphatic heterocycles. The Balaban J connectivity index is 0.000000164. The minimum atomic E-state index is -1.50. The Kier molecular flexibility index (Phi) is 9.30. The van der Waals surface area contributed by atoms with E-state index in [0.29, 0.717) is 50.7 Å². The van der Waals surface area contributed by atoms with E-state index in [1.165, 1.54) is 0 Å². The Morgan fingerprint density at radius 1 is 0.848 bits per heavy atom. The van der Waals surface area contributed by atoms with Crippen molar-refractivity contribution in [2.45, 2.75) is 19.3 Å². The third kappa shape index (κ3) is 6.60. The molecule has 9 nitrogen and oxygen atoms in total. The van der Waals surface area contributed by atoms with Crippen LogP contribution in [0.4, 0.5) is 5.69 Å². The SMILES string of the molecule is CN(C)Cc1nnc2n1-c1ccc(Cl)cc1C(c1ccccc1)=NC2.O=C1Nc2ccc(Cl)cc2C(c2ccccc2Cl)=NC1O. The Morgan fingerprint density at radius 3 is 2.28 bits per heavy atom. The van der Waals surface area contributed by atoms with Crippen LogP contribution in [0.3, 0.4) is 0 Å². The highest BCUT2D eigenvalue weighted by Gasteiger charge is 2.26. The van der Waals surface area contributed by atoms with Gasteiger partial charge in [-0.15, -0.1) is 10.2 Å². The van der Waals surface area contributed by atoms with Gasteiger partial charge in [0.25, 0.3) is 5.91 Å². The van der Waals surface area contributed by atoms with Crippen LogP contribution >= 0.6 is 34.8 Å². The molecule has 0 saturated carbocycles. The number of nitrogens with zero attached hydrogens (tertiary/aromatic N) is 6. The van der Waals surface area contributed by atoms with Gasteiger partial charge < -0.3 is 15.3 Å². The quantitative estimate of drug-likeness (QED) is 0.229. The summed E-state index contributed by atoms with van der Waals surface area (Å²) < 4.78 is 2.10. The van der Waals surface area contributed by atoms with Gasteiger partial charge in [-0.3, -0.25) is 14.4 Å². The number of hydrogen-bond donors (Lipinski definition) is 2. The molecule has 0 radical (unpaired) electrons. The molecule has 1 atom stereocenters. The lowest BCUT2D eigenvalue weighted by Gasteiger charge is -2.15. The van der Waals surface area contributed by atoms with Crippen molar-refractivity contribution in [2.24, 2.45) is 9.98 Å². The number of aromatic nitrogens is 3. The summed E-state index contributed by atoms with van der Waals surface area (Å²) in [5, 5.41) is 22.9. The number of carbonyl (C=O) groups excluding carboxylic acids is 1. The van der Waals surface area contributed by atoms with Gasteiger partial charge in [0, 0.05) is 37.3 Å². The number of anilines is 1. The van der Waals surface area contributed by atoms with Gasteiger partial charge in [0.05, 0.1) is 29.3 Å². The largest absolute Gasteiger partial charge is 0.364 e. The molecule has 7 rings (SSSR count). The summed E-state index contributed by atoms with van der Waals surface area (Å²) >= 11 is 18.5. The zero-order valence-corrected chi connectivity index (χ0v) is 27.1. The second kappa shape index (κ2) is 13.5. The number of aliphatic hydroxyl groups excluding tert-OH is 1. The lowest BCUT2D eigenvalue weighted by atomic mass is 10.0. The van der Waals surface area contributed by atoms with Gasteiger partial charge in [-0.25, -0.2) is 4.99 Å². The maximum absolute atomic E-state index is 11.8. The zero-order valence-electron chi connectivity index (χ0n) is 24.8. The molecule has 2 aliphatic rings. The van der Waals surface area contributed by atoms with Crippen LogP contribution in [0.5, 0.6) is 0 Å². The number of fused-ring (bicyclic) bond motifs is 4. The average Bonchev–Trinajstić information content (AvgIpc) is 3.28. The summed E-state index contributed by atoms with van der Waals surface area (Å²) in [5.41, 5.74) is 6.19. The van der Waals surface area contributed by atoms with Gasteiger partial charge in [-0.1, -0.05) is 83.3 Å². The number of aliphatic imine (C=N–C) groups is 2. The lowest BCUT2D eigenvalue weighted by Crippen LogP contribution is -2.24. The fraction of sp³-hybridized carbons (Fsp3) is 0.147. The standard InChI is InChI=1S/C19H18ClN5.C15H10Cl2N2O2/c1-24(2)12-18-23-22-17-11-21-19(13-6-4-3-5-7-13)15-10-14(20)8-9-16(15)25(17)18;16-8-5-6-12-10(7-8)13(19-15(21)14(20)18-12)9-3-1-2-4-11(9)17/h3-10H,11-12H2,1-2H3;1-7,15,21H,(H,18,20). The molecular formula is C34H28Cl3N7O2. The fourth-order valence-corrected chi connectivity index (χ4v) is 5.80. The highest BCUT2D eigenvalue weighted by Crippen LogP contribution is 2.30. The van der Waals surface area contributed by atoms with Gasteiger partial charge >= 0.3 is 0 Å². The van der Waals surface area contributed by atoms with Crippen molar-refractivity contribution >= 4 is 57.8 Å². The maximum Gasteiger partial charge on any atom is 0.276 e. The molecule has 232 valence electrons. The van der Waals surface area contributed by atoms with E-state index >= 15 is 0 Å². The fourth-order valence-electron chi connectivity index (χ4n) is 5.23. The molecule has 3 heterocycles. The Hall–Kier alpha value is -4.38. The number of rotatable bonds is 4. The Bertz CT molecular complexity index is 1990. The molecule has 1 aromatic heterocycles. The molecule has 5 aromatic rings. The first-order valence-corrected chi connectivity index (χ1v) is 15.4. The summed E-state index contributed by atoms with van der Waals surface area (Å²) in [6, 6.07) is 28.2. The maximum atomic E-state index is 11.8. The molecule has 0 aliphatic carbocycles. The number of nitrogens with one attached hydrogen (secondary N) is 1. The molecule has 0 bridgehead atoms. The molecular weight excluding hydrogens is 645 g/mol. The van der Waals surface area contributed by atoms with Crippen molar-refractivity contribution in [1.82, 2.24) is 19.7 Å². The highest BCUT2D eigenvalue weighted by molar-refractivity contribution is 6.37. The van der Waals surface area contributed by atoms with Crippen LogP contribution in [-0.4, -0.2) is 62.4 Å². The van der Waals surface area contributed by atoms with Crippen molar-refractivity contribution in [3.63, 3.8) is 0 Å². The van der Waals surface area contributed by atoms with Gasteiger partial charge in [0.2, 0.25) is 6.23 Å². The molecule has 0 spiro atoms. The van der Waals surface area contributed by atoms with E-state index in [0.717, 1.165) is 34.2 Å². The smallest absolute Gasteiger partial charge is 0.276 e. The number of benzodiazepines with no additional fused rings is 1. The summed E-state index contributed by atoms with van der Waals surface area (Å²) in [7, 11) is 4.04. The van der Waals surface area contributed by atoms with Crippen LogP contribution < -0.4 is 5.32 Å². The predicted octanol–water partition coefficient (Wildman–Crippen LogP) is 6.43. The topological polar surface area (TPSA) is 108 Å². The first kappa shape index (κ1) is 31.6. The number of halogens is 3. The molecule has 1 unspecified atom stereocenters. The number of amides is 1. The molecule has 0 fully saturated rings. The van der Waals surface area contributed by atoms with Gasteiger partial charge in [0.15, 0.2) is 11.6 Å². The third-order valence-electron chi connectivity index (χ3n) is 7.24. The second-order valence-electron chi connectivity index (χ2n) is 10.8. The molecule has 2 N–H and O–H groups in total. The van der Waals surface area contributed by atoms with E-state index in [9.17, 15) is 9.90 Å². The Morgan fingerprint density at radius 2 is 1.54 bits per heavy atom. The minimum Gasteiger partial charge on any atom is -0.364 e. The van der Waals surface area contributed by atoms with E-state index < -0.39 is 12.1 Å². The van der Waals surface area contributed by atoms with E-state index in [4.69, 9.17) is 39.8 Å². The zero-order chi connectivity index (χ0) is 32.4. The van der Waals surface area contributed by atoms with E-state index in [1.807, 2.05) is 50.5 Å². The number of benzene rings is 4. The molecule has 0 saturated heterocycles. The summed E-state index contributed by atoms with van der Waals surface area (Å²) in [5.74, 6) is 1.14. The first-order chi connectivity index (χ1) is 22.2. The van der Waals surface area contributed by atoms with Crippen molar-refractivity contribution in [2.75, 3.05) is 19.4 Å². The van der Waals surface area contributed by atoms with E-state index in [2.05, 4.69) is 42.1 Å². The summed E-state index contributed by atoms with van der Waals surface area (Å²) in [6.45, 7) is 1.19. The van der Waals surface area contributed by atoms with Crippen LogP contribution in [0.15, 0.2) is 101 Å². The lowest BCUT2D eigenvalue weighted by molar-refractivity contribution is -0.123. The highest BCUT2D eigenvalue weighted by atomic mass is 35.5. The summed E-state index contributed by atoms with van der Waals surface area (Å²) in [6.07, 6.45) is -1.50. The van der Waals surface area contributed by atoms with Crippen molar-refractivity contribution in [3.8, 4) is 5.69 Å². The number of hydrogen-bond acceptors (Lipinski definition) is 7. The minimum absolute atomic E-state index is 0.420. The number of aliphatic hydroxyl groups is 1. The van der Waals surface area contributed by atoms with Gasteiger partial charge in [-0.2, -0.15) is 0 Å². The van der Waals surface area contributed by atoms with Crippen LogP contribution in [0.2, 0.25) is 15.1 Å². The monoisotopic (exact) mass is 671 g/mol. The van der Waals surface area contributed by atoms with Crippen LogP contribution in [-0.2, 0) is 17.9 Å². The normalized spacial score (nSPS) is 15.2. The molecule has 46 heavy (non-hydrogen) atoms. The third-order valence-corrected chi connectivity index (χ3v) is 8.04. The van der Waals surface area contributed by atoms with Crippen LogP contribution in [0.25, 0.3) is 5.69 Å². The van der Waals surface area contributed by atoms with Gasteiger partial charge in [0.1, 0.15) is 6.54 Å². The van der Waals surface area contributed by atoms with Crippen molar-refractivity contribution in [3.05, 3.63) is 140 Å². The van der Waals surface area contributed by atoms with E-state index in [1.54, 1.807) is 42.5 Å². The second-order valence-corrected chi connectivity index (χ2v) is 12.1. The van der Waals surface area contributed by atoms with Crippen molar-refractivity contribution in [1.29, 1.82) is 0 Å². The predicted molar refractivity (Wildman–Crippen MR) is 183 cm³/mol. The molecule has 4 aromatic carbocycles. The van der Waals surface area contributed by atoms with Crippen LogP contribution in [0.1, 0.15) is 33.9 Å². The van der Waals surface area contributed by atoms with Crippen molar-refractivity contribution < 1.29 is 9.90 Å². The van der Waals surface area contributed by atoms with Crippen LogP contribution in [0, 0.1) is 0 Å². The molecule has 12 heteroatoms. The molecule has 1 amide bonds. The average molecular weight is 673 g/mol. The first-order valence-electron chi connectivity index (χ1n) is 14.3. The van der Waals surface area contributed by atoms with Gasteiger partial charge in [-0.05, 0) is 56.6 Å². The number of carbonyl (C=O) groups is 1. The summed E-state index contributed by atoms with van der Waals surface area (Å²) in [4.78, 5) is 22.8.